The number of allylic oxidation sites excluding steroid dienone is 1. The van der Waals surface area contributed by atoms with E-state index in [-0.39, 0.29) is 53.1 Å². The van der Waals surface area contributed by atoms with E-state index in [2.05, 4.69) is 11.9 Å². The van der Waals surface area contributed by atoms with E-state index in [9.17, 15) is 49.5 Å². The number of aliphatic hydroxyl groups is 3. The number of methoxy groups -OCH3 is 1. The Balaban J connectivity index is 1.01. The summed E-state index contributed by atoms with van der Waals surface area (Å²) in [4.78, 5) is 66.4. The normalized spacial score (nSPS) is 34.1. The predicted molar refractivity (Wildman–Crippen MR) is 204 cm³/mol. The third kappa shape index (κ3) is 6.96. The number of nitrogens with one attached hydrogen (secondary N) is 1. The number of aliphatic hydroxyl groups excluding tert-OH is 2. The first kappa shape index (κ1) is 41.6. The summed E-state index contributed by atoms with van der Waals surface area (Å²) in [6.07, 6.45) is -3.61. The average Bonchev–Trinajstić information content (AvgIpc) is 3.81. The Hall–Kier alpha value is -5.17. The lowest BCUT2D eigenvalue weighted by atomic mass is 9.72. The zero-order chi connectivity index (χ0) is 43.0. The molecule has 10 atom stereocenters. The summed E-state index contributed by atoms with van der Waals surface area (Å²) in [6.45, 7) is 6.26. The molecule has 17 nitrogen and oxygen atoms in total. The Morgan fingerprint density at radius 1 is 1.08 bits per heavy atom. The molecule has 8 rings (SSSR count). The van der Waals surface area contributed by atoms with Crippen molar-refractivity contribution in [3.8, 4) is 17.2 Å². The lowest BCUT2D eigenvalue weighted by molar-refractivity contribution is -0.249. The molecule has 2 aromatic carbocycles. The number of carbonyl (C=O) groups excluding carboxylic acids is 5. The van der Waals surface area contributed by atoms with E-state index in [0.29, 0.717) is 31.3 Å². The maximum atomic E-state index is 14.0. The van der Waals surface area contributed by atoms with Gasteiger partial charge in [0.1, 0.15) is 54.4 Å². The number of hydrogen-bond donors (Lipinski definition) is 6. The smallest absolute Gasteiger partial charge is 0.407 e. The molecule has 3 fully saturated rings. The fourth-order valence-electron chi connectivity index (χ4n) is 9.46. The topological polar surface area (TPSA) is 257 Å². The fourth-order valence-corrected chi connectivity index (χ4v) is 9.46. The second kappa shape index (κ2) is 15.4. The van der Waals surface area contributed by atoms with Crippen LogP contribution in [0, 0.1) is 5.92 Å². The van der Waals surface area contributed by atoms with Gasteiger partial charge in [0, 0.05) is 47.4 Å². The van der Waals surface area contributed by atoms with Gasteiger partial charge in [0.15, 0.2) is 17.9 Å². The SMILES string of the molecule is C=C1C(=O)O[C@H]2[C@H]1CC/C(COC(=O)N[C@H]1C[C@H](O[C@H]3C[C@](O)(C(=O)CO)Cc4c(O)c5c(c(O)c43)C(=O)c3c(OC)cccc3C5=O)O[C@@H](C)[C@H]1O)=C\CC[C@@]1(C)O[C@@H]21. The highest BCUT2D eigenvalue weighted by atomic mass is 16.7. The van der Waals surface area contributed by atoms with E-state index < -0.39 is 119 Å². The Kier molecular flexibility index (Phi) is 10.7. The summed E-state index contributed by atoms with van der Waals surface area (Å²) in [5.41, 5.74) is -3.37. The number of Topliss-reactive ketones (excluding diaryl/α,β-unsaturated/α-hetero) is 1. The molecule has 0 bridgehead atoms. The van der Waals surface area contributed by atoms with E-state index >= 15 is 0 Å². The lowest BCUT2D eigenvalue weighted by Crippen LogP contribution is -2.56. The number of phenolic OH excluding ortho intramolecular Hbond substituents is 2. The van der Waals surface area contributed by atoms with Crippen LogP contribution in [0.15, 0.2) is 42.0 Å². The van der Waals surface area contributed by atoms with Crippen molar-refractivity contribution in [2.45, 2.75) is 113 Å². The molecule has 0 aromatic heterocycles. The second-order valence-corrected chi connectivity index (χ2v) is 16.6. The van der Waals surface area contributed by atoms with Crippen molar-refractivity contribution < 1.29 is 77.9 Å². The maximum Gasteiger partial charge on any atom is 0.407 e. The third-order valence-electron chi connectivity index (χ3n) is 12.9. The molecule has 0 radical (unpaired) electrons. The number of fused-ring (bicyclic) bond motifs is 6. The predicted octanol–water partition coefficient (Wildman–Crippen LogP) is 2.52. The first-order valence-electron chi connectivity index (χ1n) is 19.9. The number of alkyl carbamates (subject to hydrolysis) is 1. The first-order valence-corrected chi connectivity index (χ1v) is 19.9. The van der Waals surface area contributed by atoms with Gasteiger partial charge in [-0.1, -0.05) is 24.8 Å². The molecule has 2 aromatic rings. The highest BCUT2D eigenvalue weighted by molar-refractivity contribution is 6.31. The number of aromatic hydroxyl groups is 2. The van der Waals surface area contributed by atoms with Gasteiger partial charge in [-0.25, -0.2) is 9.59 Å². The maximum absolute atomic E-state index is 14.0. The minimum absolute atomic E-state index is 0.0541. The van der Waals surface area contributed by atoms with Crippen LogP contribution in [0.5, 0.6) is 17.2 Å². The summed E-state index contributed by atoms with van der Waals surface area (Å²) < 4.78 is 34.7. The number of carbonyl (C=O) groups is 5. The van der Waals surface area contributed by atoms with Crippen molar-refractivity contribution in [2.75, 3.05) is 20.3 Å². The standard InChI is InChI=1S/C43H47NO16/c1-18-21-11-10-20(7-6-12-42(3)39(60-42)38(21)59-40(18)52)17-56-41(53)44-24-13-28(57-19(2)33(24)47)58-26-15-43(54,27(46)16-45)14-23-30(26)37(51)32-31(35(23)49)34(48)22-8-5-9-25(55-4)29(22)36(32)50/h5,7-9,19,21,24,26,28,33,38-39,45,47,49,51,54H,1,6,10-17H2,2-4H3,(H,44,53)/b20-7+/t19-,21-,24-,26-,28-,33+,38-,39-,42+,43-/m0/s1. The number of rotatable bonds is 8. The third-order valence-corrected chi connectivity index (χ3v) is 12.9. The highest BCUT2D eigenvalue weighted by Gasteiger charge is 2.61. The Morgan fingerprint density at radius 3 is 2.57 bits per heavy atom. The lowest BCUT2D eigenvalue weighted by Gasteiger charge is -2.42. The molecule has 1 amide bonds. The van der Waals surface area contributed by atoms with Gasteiger partial charge in [0.05, 0.1) is 47.7 Å². The summed E-state index contributed by atoms with van der Waals surface area (Å²) in [5.74, 6) is -4.82. The first-order chi connectivity index (χ1) is 28.5. The van der Waals surface area contributed by atoms with Gasteiger partial charge in [-0.05, 0) is 51.2 Å². The van der Waals surface area contributed by atoms with Crippen LogP contribution in [0.2, 0.25) is 0 Å². The molecule has 3 heterocycles. The zero-order valence-electron chi connectivity index (χ0n) is 33.2. The van der Waals surface area contributed by atoms with Gasteiger partial charge in [-0.3, -0.25) is 14.4 Å². The molecule has 3 saturated heterocycles. The van der Waals surface area contributed by atoms with Crippen LogP contribution < -0.4 is 10.1 Å². The number of hydrogen-bond acceptors (Lipinski definition) is 16. The molecule has 0 unspecified atom stereocenters. The monoisotopic (exact) mass is 833 g/mol. The van der Waals surface area contributed by atoms with Crippen LogP contribution in [-0.2, 0) is 39.7 Å². The summed E-state index contributed by atoms with van der Waals surface area (Å²) in [7, 11) is 1.30. The van der Waals surface area contributed by atoms with E-state index in [0.717, 1.165) is 5.57 Å². The van der Waals surface area contributed by atoms with Crippen molar-refractivity contribution in [2.24, 2.45) is 5.92 Å². The molecule has 6 N–H and O–H groups in total. The fraction of sp³-hybridized carbons (Fsp3) is 0.512. The molecule has 0 saturated carbocycles. The molecule has 320 valence electrons. The number of phenols is 2. The Bertz CT molecular complexity index is 2230. The molecule has 3 aliphatic carbocycles. The number of benzene rings is 2. The molecule has 6 aliphatic rings. The number of amides is 1. The van der Waals surface area contributed by atoms with Crippen molar-refractivity contribution in [3.05, 3.63) is 75.4 Å². The van der Waals surface area contributed by atoms with Crippen LogP contribution in [0.1, 0.15) is 101 Å². The highest BCUT2D eigenvalue weighted by Crippen LogP contribution is 2.53. The minimum Gasteiger partial charge on any atom is -0.507 e. The zero-order valence-corrected chi connectivity index (χ0v) is 33.2. The van der Waals surface area contributed by atoms with Crippen molar-refractivity contribution >= 4 is 29.4 Å². The van der Waals surface area contributed by atoms with Crippen LogP contribution in [-0.4, -0.2) is 123 Å². The van der Waals surface area contributed by atoms with Crippen LogP contribution in [0.3, 0.4) is 0 Å². The van der Waals surface area contributed by atoms with Crippen LogP contribution >= 0.6 is 0 Å². The molecule has 3 aliphatic heterocycles. The molecular formula is C43H47NO16. The van der Waals surface area contributed by atoms with E-state index in [1.807, 2.05) is 13.0 Å². The quantitative estimate of drug-likeness (QED) is 0.0627. The molecule has 17 heteroatoms. The average molecular weight is 834 g/mol. The van der Waals surface area contributed by atoms with Gasteiger partial charge in [0.2, 0.25) is 5.78 Å². The van der Waals surface area contributed by atoms with Crippen LogP contribution in [0.25, 0.3) is 0 Å². The summed E-state index contributed by atoms with van der Waals surface area (Å²) in [6, 6.07) is 3.29. The minimum atomic E-state index is -2.36. The number of esters is 1. The molecular weight excluding hydrogens is 786 g/mol. The van der Waals surface area contributed by atoms with Crippen molar-refractivity contribution in [1.29, 1.82) is 0 Å². The number of ketones is 3. The van der Waals surface area contributed by atoms with Gasteiger partial charge in [0.25, 0.3) is 0 Å². The number of ether oxygens (including phenoxy) is 6. The summed E-state index contributed by atoms with van der Waals surface area (Å²) in [5, 5.41) is 58.6. The molecule has 0 spiro atoms. The molecule has 60 heavy (non-hydrogen) atoms. The number of epoxide rings is 1. The van der Waals surface area contributed by atoms with Gasteiger partial charge in [-0.15, -0.1) is 0 Å². The van der Waals surface area contributed by atoms with Gasteiger partial charge in [-0.2, -0.15) is 0 Å². The van der Waals surface area contributed by atoms with Crippen LogP contribution in [0.4, 0.5) is 4.79 Å². The van der Waals surface area contributed by atoms with Gasteiger partial charge >= 0.3 is 12.1 Å². The van der Waals surface area contributed by atoms with Crippen molar-refractivity contribution in [1.82, 2.24) is 5.32 Å². The largest absolute Gasteiger partial charge is 0.507 e. The Morgan fingerprint density at radius 2 is 1.83 bits per heavy atom. The van der Waals surface area contributed by atoms with E-state index in [1.165, 1.54) is 32.2 Å². The summed E-state index contributed by atoms with van der Waals surface area (Å²) >= 11 is 0. The van der Waals surface area contributed by atoms with Crippen molar-refractivity contribution in [3.63, 3.8) is 0 Å². The van der Waals surface area contributed by atoms with E-state index in [1.54, 1.807) is 0 Å². The van der Waals surface area contributed by atoms with Gasteiger partial charge < -0.3 is 59.3 Å². The Labute approximate surface area is 343 Å². The van der Waals surface area contributed by atoms with E-state index in [4.69, 9.17) is 28.4 Å². The second-order valence-electron chi connectivity index (χ2n) is 16.6.